The second-order valence-electron chi connectivity index (χ2n) is 4.40. The zero-order chi connectivity index (χ0) is 12.7. The van der Waals surface area contributed by atoms with Gasteiger partial charge in [-0.25, -0.2) is 0 Å². The van der Waals surface area contributed by atoms with Gasteiger partial charge < -0.3 is 0 Å². The average molecular weight is 230 g/mol. The molecule has 16 heavy (non-hydrogen) atoms. The second kappa shape index (κ2) is 4.11. The van der Waals surface area contributed by atoms with E-state index in [0.29, 0.717) is 5.56 Å². The Hall–Kier alpha value is -0.990. The number of halogens is 3. The molecule has 1 rings (SSSR count). The predicted molar refractivity (Wildman–Crippen MR) is 59.9 cm³/mol. The summed E-state index contributed by atoms with van der Waals surface area (Å²) in [6.07, 6.45) is -4.96. The summed E-state index contributed by atoms with van der Waals surface area (Å²) in [5.74, 6) is 0. The smallest absolute Gasteiger partial charge is 0.171 e. The summed E-state index contributed by atoms with van der Waals surface area (Å²) in [5, 5.41) is 0. The van der Waals surface area contributed by atoms with Crippen LogP contribution in [0.2, 0.25) is 0 Å². The van der Waals surface area contributed by atoms with Crippen molar-refractivity contribution in [3.8, 4) is 0 Å². The Morgan fingerprint density at radius 3 is 1.31 bits per heavy atom. The molecule has 0 N–H and O–H groups in total. The molecule has 0 saturated heterocycles. The van der Waals surface area contributed by atoms with Crippen molar-refractivity contribution in [3.05, 3.63) is 33.4 Å². The number of rotatable bonds is 1. The van der Waals surface area contributed by atoms with Crippen LogP contribution in [0.1, 0.15) is 33.4 Å². The fraction of sp³-hybridized carbons (Fsp3) is 0.538. The Labute approximate surface area is 94.5 Å². The van der Waals surface area contributed by atoms with Crippen LogP contribution in [-0.2, 0) is 6.42 Å². The summed E-state index contributed by atoms with van der Waals surface area (Å²) < 4.78 is 37.4. The van der Waals surface area contributed by atoms with Crippen LogP contribution in [-0.4, -0.2) is 6.18 Å². The maximum absolute atomic E-state index is 12.5. The second-order valence-corrected chi connectivity index (χ2v) is 4.40. The van der Waals surface area contributed by atoms with Gasteiger partial charge in [0, 0.05) is 0 Å². The molecule has 0 bridgehead atoms. The summed E-state index contributed by atoms with van der Waals surface area (Å²) in [6, 6.07) is 0. The minimum absolute atomic E-state index is 0.438. The van der Waals surface area contributed by atoms with Crippen LogP contribution in [0.3, 0.4) is 0 Å². The SMILES string of the molecule is Cc1c(C)c(C)c(CC(F)(F)F)c(C)c1C. The Kier molecular flexibility index (Phi) is 3.36. The Balaban J connectivity index is 3.40. The Bertz CT molecular complexity index is 385. The van der Waals surface area contributed by atoms with Crippen LogP contribution < -0.4 is 0 Å². The lowest BCUT2D eigenvalue weighted by molar-refractivity contribution is -0.127. The first-order chi connectivity index (χ1) is 7.15. The molecule has 0 fully saturated rings. The molecule has 0 spiro atoms. The van der Waals surface area contributed by atoms with E-state index in [1.165, 1.54) is 0 Å². The third kappa shape index (κ3) is 2.39. The molecular formula is C13H17F3. The molecular weight excluding hydrogens is 213 g/mol. The highest BCUT2D eigenvalue weighted by Gasteiger charge is 2.30. The maximum atomic E-state index is 12.5. The van der Waals surface area contributed by atoms with Gasteiger partial charge in [0.15, 0.2) is 0 Å². The molecule has 0 atom stereocenters. The molecule has 0 aliphatic carbocycles. The lowest BCUT2D eigenvalue weighted by atomic mass is 9.88. The zero-order valence-corrected chi connectivity index (χ0v) is 10.3. The number of alkyl halides is 3. The van der Waals surface area contributed by atoms with Crippen molar-refractivity contribution in [1.82, 2.24) is 0 Å². The number of benzene rings is 1. The van der Waals surface area contributed by atoms with E-state index < -0.39 is 12.6 Å². The number of hydrogen-bond donors (Lipinski definition) is 0. The van der Waals surface area contributed by atoms with Gasteiger partial charge in [-0.3, -0.25) is 0 Å². The van der Waals surface area contributed by atoms with E-state index in [-0.39, 0.29) is 0 Å². The first-order valence-corrected chi connectivity index (χ1v) is 5.27. The van der Waals surface area contributed by atoms with E-state index in [4.69, 9.17) is 0 Å². The van der Waals surface area contributed by atoms with Gasteiger partial charge in [0.1, 0.15) is 0 Å². The fourth-order valence-corrected chi connectivity index (χ4v) is 2.04. The fourth-order valence-electron chi connectivity index (χ4n) is 2.04. The van der Waals surface area contributed by atoms with Crippen molar-refractivity contribution in [2.45, 2.75) is 47.2 Å². The van der Waals surface area contributed by atoms with Crippen LogP contribution >= 0.6 is 0 Å². The Morgan fingerprint density at radius 1 is 0.688 bits per heavy atom. The van der Waals surface area contributed by atoms with Gasteiger partial charge in [-0.1, -0.05) is 0 Å². The van der Waals surface area contributed by atoms with E-state index in [0.717, 1.165) is 27.8 Å². The largest absolute Gasteiger partial charge is 0.393 e. The van der Waals surface area contributed by atoms with Crippen LogP contribution in [0.25, 0.3) is 0 Å². The molecule has 0 saturated carbocycles. The third-order valence-corrected chi connectivity index (χ3v) is 3.53. The summed E-state index contributed by atoms with van der Waals surface area (Å²) in [4.78, 5) is 0. The molecule has 0 nitrogen and oxygen atoms in total. The molecule has 0 heterocycles. The molecule has 0 unspecified atom stereocenters. The molecule has 0 amide bonds. The van der Waals surface area contributed by atoms with E-state index >= 15 is 0 Å². The summed E-state index contributed by atoms with van der Waals surface area (Å²) in [6.45, 7) is 9.28. The van der Waals surface area contributed by atoms with Crippen LogP contribution in [0.15, 0.2) is 0 Å². The standard InChI is InChI=1S/C13H17F3/c1-7-8(2)10(4)12(6-13(14,15)16)11(5)9(7)3/h6H2,1-5H3. The number of hydrogen-bond acceptors (Lipinski definition) is 0. The average Bonchev–Trinajstić information content (AvgIpc) is 2.17. The van der Waals surface area contributed by atoms with Crippen molar-refractivity contribution < 1.29 is 13.2 Å². The molecule has 1 aromatic rings. The van der Waals surface area contributed by atoms with Gasteiger partial charge in [-0.05, 0) is 68.0 Å². The molecule has 1 aromatic carbocycles. The summed E-state index contributed by atoms with van der Waals surface area (Å²) >= 11 is 0. The maximum Gasteiger partial charge on any atom is 0.393 e. The lowest BCUT2D eigenvalue weighted by Gasteiger charge is -2.19. The Morgan fingerprint density at radius 2 is 1.00 bits per heavy atom. The quantitative estimate of drug-likeness (QED) is 0.673. The van der Waals surface area contributed by atoms with E-state index in [9.17, 15) is 13.2 Å². The van der Waals surface area contributed by atoms with Gasteiger partial charge >= 0.3 is 6.18 Å². The minimum Gasteiger partial charge on any atom is -0.171 e. The van der Waals surface area contributed by atoms with Crippen molar-refractivity contribution in [1.29, 1.82) is 0 Å². The van der Waals surface area contributed by atoms with E-state index in [1.54, 1.807) is 13.8 Å². The van der Waals surface area contributed by atoms with Gasteiger partial charge in [0.05, 0.1) is 6.42 Å². The summed E-state index contributed by atoms with van der Waals surface area (Å²) in [5.41, 5.74) is 5.04. The summed E-state index contributed by atoms with van der Waals surface area (Å²) in [7, 11) is 0. The predicted octanol–water partition coefficient (Wildman–Crippen LogP) is 4.33. The normalized spacial score (nSPS) is 12.0. The zero-order valence-electron chi connectivity index (χ0n) is 10.3. The first kappa shape index (κ1) is 13.1. The van der Waals surface area contributed by atoms with Gasteiger partial charge in [0.25, 0.3) is 0 Å². The molecule has 90 valence electrons. The molecule has 3 heteroatoms. The highest BCUT2D eigenvalue weighted by molar-refractivity contribution is 5.49. The van der Waals surface area contributed by atoms with Crippen LogP contribution in [0.5, 0.6) is 0 Å². The first-order valence-electron chi connectivity index (χ1n) is 5.27. The molecule has 0 aliphatic rings. The van der Waals surface area contributed by atoms with Gasteiger partial charge in [-0.2, -0.15) is 13.2 Å². The molecule has 0 aliphatic heterocycles. The monoisotopic (exact) mass is 230 g/mol. The van der Waals surface area contributed by atoms with Crippen molar-refractivity contribution >= 4 is 0 Å². The van der Waals surface area contributed by atoms with Gasteiger partial charge in [0.2, 0.25) is 0 Å². The van der Waals surface area contributed by atoms with E-state index in [2.05, 4.69) is 0 Å². The molecule has 0 radical (unpaired) electrons. The minimum atomic E-state index is -4.14. The van der Waals surface area contributed by atoms with Crippen LogP contribution in [0.4, 0.5) is 13.2 Å². The van der Waals surface area contributed by atoms with Gasteiger partial charge in [-0.15, -0.1) is 0 Å². The third-order valence-electron chi connectivity index (χ3n) is 3.53. The lowest BCUT2D eigenvalue weighted by Crippen LogP contribution is -2.15. The highest BCUT2D eigenvalue weighted by atomic mass is 19.4. The topological polar surface area (TPSA) is 0 Å². The highest BCUT2D eigenvalue weighted by Crippen LogP contribution is 2.31. The van der Waals surface area contributed by atoms with E-state index in [1.807, 2.05) is 20.8 Å². The van der Waals surface area contributed by atoms with Crippen LogP contribution in [0, 0.1) is 34.6 Å². The van der Waals surface area contributed by atoms with Crippen molar-refractivity contribution in [3.63, 3.8) is 0 Å². The van der Waals surface area contributed by atoms with Crippen molar-refractivity contribution in [2.75, 3.05) is 0 Å². The molecule has 0 aromatic heterocycles. The van der Waals surface area contributed by atoms with Crippen molar-refractivity contribution in [2.24, 2.45) is 0 Å².